The number of sulfone groups is 1. The Morgan fingerprint density at radius 1 is 1.60 bits per heavy atom. The predicted molar refractivity (Wildman–Crippen MR) is 43.8 cm³/mol. The molecule has 0 aromatic carbocycles. The molecule has 0 aliphatic heterocycles. The van der Waals surface area contributed by atoms with Crippen LogP contribution in [0.4, 0.5) is 0 Å². The van der Waals surface area contributed by atoms with Gasteiger partial charge in [0.2, 0.25) is 0 Å². The summed E-state index contributed by atoms with van der Waals surface area (Å²) in [6, 6.07) is 0. The van der Waals surface area contributed by atoms with Crippen LogP contribution in [0.25, 0.3) is 0 Å². The number of hydrogen-bond acceptors (Lipinski definition) is 2. The van der Waals surface area contributed by atoms with Crippen molar-refractivity contribution in [3.8, 4) is 0 Å². The van der Waals surface area contributed by atoms with Crippen molar-refractivity contribution in [3.63, 3.8) is 0 Å². The summed E-state index contributed by atoms with van der Waals surface area (Å²) in [6.45, 7) is 6.58. The van der Waals surface area contributed by atoms with E-state index in [1.54, 1.807) is 0 Å². The van der Waals surface area contributed by atoms with Crippen LogP contribution in [0.5, 0.6) is 0 Å². The molecule has 0 spiro atoms. The Hall–Kier alpha value is -0.280. The molecule has 10 heavy (non-hydrogen) atoms. The lowest BCUT2D eigenvalue weighted by Crippen LogP contribution is -2.08. The number of halogens is 1. The van der Waals surface area contributed by atoms with E-state index in [1.807, 2.05) is 0 Å². The van der Waals surface area contributed by atoms with Gasteiger partial charge in [-0.3, -0.25) is 0 Å². The lowest BCUT2D eigenvalue weighted by molar-refractivity contribution is 0.601. The average Bonchev–Trinajstić information content (AvgIpc) is 1.59. The first kappa shape index (κ1) is 9.72. The van der Waals surface area contributed by atoms with Crippen LogP contribution in [-0.4, -0.2) is 19.9 Å². The highest BCUT2D eigenvalue weighted by atomic mass is 35.5. The Labute approximate surface area is 66.1 Å². The molecule has 2 nitrogen and oxygen atoms in total. The van der Waals surface area contributed by atoms with E-state index >= 15 is 0 Å². The highest BCUT2D eigenvalue weighted by Crippen LogP contribution is 2.02. The summed E-state index contributed by atoms with van der Waals surface area (Å²) < 4.78 is 21.6. The van der Waals surface area contributed by atoms with E-state index in [1.165, 1.54) is 6.08 Å². The molecule has 0 N–H and O–H groups in total. The SMILES string of the molecule is C=CCS(=O)(=O)CC(=C)Cl. The summed E-state index contributed by atoms with van der Waals surface area (Å²) in [6.07, 6.45) is 1.33. The lowest BCUT2D eigenvalue weighted by Gasteiger charge is -1.96. The lowest BCUT2D eigenvalue weighted by atomic mass is 10.7. The fraction of sp³-hybridized carbons (Fsp3) is 0.333. The minimum Gasteiger partial charge on any atom is -0.228 e. The Kier molecular flexibility index (Phi) is 3.68. The highest BCUT2D eigenvalue weighted by molar-refractivity contribution is 7.91. The van der Waals surface area contributed by atoms with E-state index in [2.05, 4.69) is 13.2 Å². The minimum absolute atomic E-state index is 0.0429. The molecule has 0 rings (SSSR count). The van der Waals surface area contributed by atoms with Gasteiger partial charge in [0.15, 0.2) is 9.84 Å². The Bertz CT molecular complexity index is 228. The van der Waals surface area contributed by atoms with Crippen molar-refractivity contribution in [2.45, 2.75) is 0 Å². The zero-order chi connectivity index (χ0) is 8.20. The predicted octanol–water partition coefficient (Wildman–Crippen LogP) is 1.34. The van der Waals surface area contributed by atoms with E-state index in [-0.39, 0.29) is 16.5 Å². The highest BCUT2D eigenvalue weighted by Gasteiger charge is 2.08. The third-order valence-electron chi connectivity index (χ3n) is 0.748. The summed E-state index contributed by atoms with van der Waals surface area (Å²) in [5.74, 6) is -0.209. The zero-order valence-electron chi connectivity index (χ0n) is 5.51. The molecule has 0 fully saturated rings. The van der Waals surface area contributed by atoms with E-state index in [9.17, 15) is 8.42 Å². The smallest absolute Gasteiger partial charge is 0.158 e. The largest absolute Gasteiger partial charge is 0.228 e. The van der Waals surface area contributed by atoms with Crippen LogP contribution in [0, 0.1) is 0 Å². The van der Waals surface area contributed by atoms with Crippen molar-refractivity contribution in [2.24, 2.45) is 0 Å². The maximum absolute atomic E-state index is 10.8. The minimum atomic E-state index is -3.08. The van der Waals surface area contributed by atoms with Gasteiger partial charge < -0.3 is 0 Å². The first-order chi connectivity index (χ1) is 4.48. The molecular weight excluding hydrogens is 172 g/mol. The monoisotopic (exact) mass is 180 g/mol. The fourth-order valence-electron chi connectivity index (χ4n) is 0.477. The summed E-state index contributed by atoms with van der Waals surface area (Å²) >= 11 is 5.29. The fourth-order valence-corrected chi connectivity index (χ4v) is 1.93. The third-order valence-corrected chi connectivity index (χ3v) is 2.57. The van der Waals surface area contributed by atoms with Gasteiger partial charge in [0.05, 0.1) is 11.5 Å². The zero-order valence-corrected chi connectivity index (χ0v) is 7.08. The molecule has 4 heteroatoms. The van der Waals surface area contributed by atoms with Gasteiger partial charge in [-0.15, -0.1) is 6.58 Å². The quantitative estimate of drug-likeness (QED) is 0.612. The summed E-state index contributed by atoms with van der Waals surface area (Å²) in [4.78, 5) is 0. The van der Waals surface area contributed by atoms with Crippen molar-refractivity contribution in [1.82, 2.24) is 0 Å². The van der Waals surface area contributed by atoms with Gasteiger partial charge in [0.25, 0.3) is 0 Å². The van der Waals surface area contributed by atoms with E-state index in [4.69, 9.17) is 11.6 Å². The Morgan fingerprint density at radius 3 is 2.40 bits per heavy atom. The van der Waals surface area contributed by atoms with Crippen molar-refractivity contribution < 1.29 is 8.42 Å². The molecule has 0 radical (unpaired) electrons. The Balaban J connectivity index is 4.14. The standard InChI is InChI=1S/C6H9ClO2S/c1-3-4-10(8,9)5-6(2)7/h3H,1-2,4-5H2. The van der Waals surface area contributed by atoms with Crippen LogP contribution in [0.1, 0.15) is 0 Å². The molecule has 0 atom stereocenters. The van der Waals surface area contributed by atoms with Gasteiger partial charge in [0, 0.05) is 5.03 Å². The maximum Gasteiger partial charge on any atom is 0.158 e. The van der Waals surface area contributed by atoms with Crippen LogP contribution < -0.4 is 0 Å². The van der Waals surface area contributed by atoms with Gasteiger partial charge in [-0.1, -0.05) is 24.3 Å². The number of hydrogen-bond donors (Lipinski definition) is 0. The third kappa shape index (κ3) is 4.58. The van der Waals surface area contributed by atoms with Crippen molar-refractivity contribution >= 4 is 21.4 Å². The summed E-state index contributed by atoms with van der Waals surface area (Å²) in [7, 11) is -3.08. The van der Waals surface area contributed by atoms with Crippen LogP contribution in [0.15, 0.2) is 24.3 Å². The molecule has 0 aromatic heterocycles. The second-order valence-electron chi connectivity index (χ2n) is 1.86. The van der Waals surface area contributed by atoms with E-state index < -0.39 is 9.84 Å². The van der Waals surface area contributed by atoms with Crippen molar-refractivity contribution in [1.29, 1.82) is 0 Å². The summed E-state index contributed by atoms with van der Waals surface area (Å²) in [5.41, 5.74) is 0. The Morgan fingerprint density at radius 2 is 2.10 bits per heavy atom. The van der Waals surface area contributed by atoms with Gasteiger partial charge in [-0.05, 0) is 0 Å². The summed E-state index contributed by atoms with van der Waals surface area (Å²) in [5, 5.41) is 0.141. The van der Waals surface area contributed by atoms with Gasteiger partial charge in [-0.25, -0.2) is 8.42 Å². The molecule has 58 valence electrons. The van der Waals surface area contributed by atoms with Crippen LogP contribution >= 0.6 is 11.6 Å². The van der Waals surface area contributed by atoms with Crippen LogP contribution in [-0.2, 0) is 9.84 Å². The van der Waals surface area contributed by atoms with Crippen LogP contribution in [0.3, 0.4) is 0 Å². The average molecular weight is 181 g/mol. The second-order valence-corrected chi connectivity index (χ2v) is 4.50. The first-order valence-electron chi connectivity index (χ1n) is 2.62. The topological polar surface area (TPSA) is 34.1 Å². The molecule has 0 saturated heterocycles. The molecule has 0 aromatic rings. The first-order valence-corrected chi connectivity index (χ1v) is 4.82. The van der Waals surface area contributed by atoms with E-state index in [0.717, 1.165) is 0 Å². The molecule has 0 saturated carbocycles. The molecular formula is C6H9ClO2S. The van der Waals surface area contributed by atoms with Gasteiger partial charge >= 0.3 is 0 Å². The molecule has 0 heterocycles. The molecule has 0 unspecified atom stereocenters. The molecule has 0 bridgehead atoms. The molecule has 0 aliphatic rings. The van der Waals surface area contributed by atoms with Gasteiger partial charge in [0.1, 0.15) is 0 Å². The normalized spacial score (nSPS) is 10.9. The van der Waals surface area contributed by atoms with Crippen LogP contribution in [0.2, 0.25) is 0 Å². The molecule has 0 aliphatic carbocycles. The van der Waals surface area contributed by atoms with Gasteiger partial charge in [-0.2, -0.15) is 0 Å². The van der Waals surface area contributed by atoms with E-state index in [0.29, 0.717) is 0 Å². The number of rotatable bonds is 4. The van der Waals surface area contributed by atoms with Crippen molar-refractivity contribution in [2.75, 3.05) is 11.5 Å². The molecule has 0 amide bonds. The van der Waals surface area contributed by atoms with Crippen molar-refractivity contribution in [3.05, 3.63) is 24.3 Å². The second kappa shape index (κ2) is 3.78. The maximum atomic E-state index is 10.8.